The van der Waals surface area contributed by atoms with Crippen molar-refractivity contribution in [1.82, 2.24) is 4.90 Å². The number of aryl methyl sites for hydroxylation is 1. The van der Waals surface area contributed by atoms with Crippen LogP contribution in [-0.4, -0.2) is 29.2 Å². The van der Waals surface area contributed by atoms with Gasteiger partial charge in [0.1, 0.15) is 0 Å². The van der Waals surface area contributed by atoms with Crippen molar-refractivity contribution in [3.05, 3.63) is 21.9 Å². The zero-order valence-corrected chi connectivity index (χ0v) is 10.8. The van der Waals surface area contributed by atoms with Gasteiger partial charge < -0.3 is 5.11 Å². The van der Waals surface area contributed by atoms with Crippen LogP contribution >= 0.6 is 11.3 Å². The predicted octanol–water partition coefficient (Wildman–Crippen LogP) is 2.79. The topological polar surface area (TPSA) is 23.5 Å². The van der Waals surface area contributed by atoms with Crippen LogP contribution in [0.1, 0.15) is 35.4 Å². The lowest BCUT2D eigenvalue weighted by Crippen LogP contribution is -2.34. The van der Waals surface area contributed by atoms with Crippen LogP contribution in [0.3, 0.4) is 0 Å². The Labute approximate surface area is 102 Å². The van der Waals surface area contributed by atoms with Crippen LogP contribution < -0.4 is 0 Å². The van der Waals surface area contributed by atoms with E-state index in [2.05, 4.69) is 24.0 Å². The molecule has 0 radical (unpaired) electrons. The van der Waals surface area contributed by atoms with Gasteiger partial charge in [-0.05, 0) is 31.9 Å². The van der Waals surface area contributed by atoms with E-state index in [1.807, 2.05) is 11.3 Å². The molecular formula is C13H21NOS. The maximum Gasteiger partial charge on any atom is 0.0558 e. The molecule has 0 spiro atoms. The van der Waals surface area contributed by atoms with Crippen LogP contribution in [0.5, 0.6) is 0 Å². The molecule has 1 heterocycles. The standard InChI is InChI=1S/C13H21NOS/c1-11-6-7-13(16-11)10-14(8-9-15)12-4-2-3-5-12/h6-7,12,15H,2-5,8-10H2,1H3. The predicted molar refractivity (Wildman–Crippen MR) is 68.8 cm³/mol. The van der Waals surface area contributed by atoms with E-state index in [4.69, 9.17) is 5.11 Å². The molecule has 2 nitrogen and oxygen atoms in total. The minimum Gasteiger partial charge on any atom is -0.395 e. The molecule has 2 rings (SSSR count). The number of hydrogen-bond donors (Lipinski definition) is 1. The van der Waals surface area contributed by atoms with Gasteiger partial charge in [-0.2, -0.15) is 0 Å². The molecule has 1 aliphatic rings. The molecule has 0 aromatic carbocycles. The molecule has 0 amide bonds. The first-order chi connectivity index (χ1) is 7.79. The van der Waals surface area contributed by atoms with E-state index < -0.39 is 0 Å². The first-order valence-corrected chi connectivity index (χ1v) is 7.01. The van der Waals surface area contributed by atoms with Crippen LogP contribution in [0.4, 0.5) is 0 Å². The molecule has 1 aliphatic carbocycles. The van der Waals surface area contributed by atoms with E-state index in [0.717, 1.165) is 13.1 Å². The van der Waals surface area contributed by atoms with E-state index in [1.54, 1.807) is 0 Å². The number of aliphatic hydroxyl groups is 1. The average Bonchev–Trinajstić information content (AvgIpc) is 2.88. The number of hydrogen-bond acceptors (Lipinski definition) is 3. The van der Waals surface area contributed by atoms with Gasteiger partial charge in [-0.3, -0.25) is 4.90 Å². The Hall–Kier alpha value is -0.380. The molecule has 0 bridgehead atoms. The fourth-order valence-electron chi connectivity index (χ4n) is 2.56. The monoisotopic (exact) mass is 239 g/mol. The Morgan fingerprint density at radius 3 is 2.69 bits per heavy atom. The van der Waals surface area contributed by atoms with Gasteiger partial charge >= 0.3 is 0 Å². The van der Waals surface area contributed by atoms with E-state index >= 15 is 0 Å². The first-order valence-electron chi connectivity index (χ1n) is 6.20. The fraction of sp³-hybridized carbons (Fsp3) is 0.692. The zero-order valence-electron chi connectivity index (χ0n) is 9.98. The summed E-state index contributed by atoms with van der Waals surface area (Å²) in [6.45, 7) is 4.27. The third-order valence-electron chi connectivity index (χ3n) is 3.38. The van der Waals surface area contributed by atoms with Crippen molar-refractivity contribution in [2.24, 2.45) is 0 Å². The summed E-state index contributed by atoms with van der Waals surface area (Å²) in [7, 11) is 0. The molecule has 0 aliphatic heterocycles. The Morgan fingerprint density at radius 1 is 1.38 bits per heavy atom. The van der Waals surface area contributed by atoms with E-state index in [9.17, 15) is 0 Å². The van der Waals surface area contributed by atoms with Gasteiger partial charge in [0.15, 0.2) is 0 Å². The molecule has 1 saturated carbocycles. The second-order valence-electron chi connectivity index (χ2n) is 4.64. The molecule has 1 fully saturated rings. The second kappa shape index (κ2) is 5.80. The molecule has 3 heteroatoms. The minimum atomic E-state index is 0.279. The minimum absolute atomic E-state index is 0.279. The molecule has 1 aromatic rings. The van der Waals surface area contributed by atoms with E-state index in [0.29, 0.717) is 6.04 Å². The SMILES string of the molecule is Cc1ccc(CN(CCO)C2CCCC2)s1. The summed E-state index contributed by atoms with van der Waals surface area (Å²) >= 11 is 1.88. The number of aliphatic hydroxyl groups excluding tert-OH is 1. The summed E-state index contributed by atoms with van der Waals surface area (Å²) in [5.74, 6) is 0. The molecule has 90 valence electrons. The summed E-state index contributed by atoms with van der Waals surface area (Å²) in [5, 5.41) is 9.14. The molecule has 0 atom stereocenters. The smallest absolute Gasteiger partial charge is 0.0558 e. The van der Waals surface area contributed by atoms with Gasteiger partial charge in [-0.25, -0.2) is 0 Å². The molecule has 0 saturated heterocycles. The molecule has 0 unspecified atom stereocenters. The van der Waals surface area contributed by atoms with Crippen molar-refractivity contribution < 1.29 is 5.11 Å². The van der Waals surface area contributed by atoms with Crippen molar-refractivity contribution in [3.8, 4) is 0 Å². The van der Waals surface area contributed by atoms with Crippen molar-refractivity contribution in [1.29, 1.82) is 0 Å². The van der Waals surface area contributed by atoms with Gasteiger partial charge in [-0.1, -0.05) is 12.8 Å². The van der Waals surface area contributed by atoms with E-state index in [1.165, 1.54) is 35.4 Å². The average molecular weight is 239 g/mol. The van der Waals surface area contributed by atoms with Crippen molar-refractivity contribution >= 4 is 11.3 Å². The Balaban J connectivity index is 1.96. The van der Waals surface area contributed by atoms with Crippen LogP contribution in [0.25, 0.3) is 0 Å². The van der Waals surface area contributed by atoms with Gasteiger partial charge in [0.05, 0.1) is 6.61 Å². The van der Waals surface area contributed by atoms with Crippen molar-refractivity contribution in [2.75, 3.05) is 13.2 Å². The molecular weight excluding hydrogens is 218 g/mol. The maximum absolute atomic E-state index is 9.14. The molecule has 1 aromatic heterocycles. The highest BCUT2D eigenvalue weighted by Gasteiger charge is 2.22. The zero-order chi connectivity index (χ0) is 11.4. The highest BCUT2D eigenvalue weighted by Crippen LogP contribution is 2.26. The summed E-state index contributed by atoms with van der Waals surface area (Å²) in [4.78, 5) is 5.27. The molecule has 16 heavy (non-hydrogen) atoms. The van der Waals surface area contributed by atoms with Gasteiger partial charge in [0.2, 0.25) is 0 Å². The number of nitrogens with zero attached hydrogens (tertiary/aromatic N) is 1. The summed E-state index contributed by atoms with van der Waals surface area (Å²) in [6, 6.07) is 5.11. The van der Waals surface area contributed by atoms with E-state index in [-0.39, 0.29) is 6.61 Å². The highest BCUT2D eigenvalue weighted by atomic mass is 32.1. The summed E-state index contributed by atoms with van der Waals surface area (Å²) in [6.07, 6.45) is 5.33. The van der Waals surface area contributed by atoms with Crippen LogP contribution in [0, 0.1) is 6.92 Å². The van der Waals surface area contributed by atoms with Crippen LogP contribution in [0.2, 0.25) is 0 Å². The highest BCUT2D eigenvalue weighted by molar-refractivity contribution is 7.11. The normalized spacial score (nSPS) is 17.4. The molecule has 1 N–H and O–H groups in total. The van der Waals surface area contributed by atoms with Crippen molar-refractivity contribution in [2.45, 2.75) is 45.2 Å². The second-order valence-corrected chi connectivity index (χ2v) is 6.02. The summed E-state index contributed by atoms with van der Waals surface area (Å²) < 4.78 is 0. The first kappa shape index (κ1) is 12.1. The largest absolute Gasteiger partial charge is 0.395 e. The van der Waals surface area contributed by atoms with Gasteiger partial charge in [0, 0.05) is 28.9 Å². The maximum atomic E-state index is 9.14. The Morgan fingerprint density at radius 2 is 2.12 bits per heavy atom. The number of rotatable bonds is 5. The third-order valence-corrected chi connectivity index (χ3v) is 4.37. The van der Waals surface area contributed by atoms with Gasteiger partial charge in [-0.15, -0.1) is 11.3 Å². The van der Waals surface area contributed by atoms with Crippen LogP contribution in [-0.2, 0) is 6.54 Å². The summed E-state index contributed by atoms with van der Waals surface area (Å²) in [5.41, 5.74) is 0. The quantitative estimate of drug-likeness (QED) is 0.854. The number of thiophene rings is 1. The van der Waals surface area contributed by atoms with Crippen molar-refractivity contribution in [3.63, 3.8) is 0 Å². The lowest BCUT2D eigenvalue weighted by Gasteiger charge is -2.27. The Bertz CT molecular complexity index is 317. The third kappa shape index (κ3) is 3.06. The van der Waals surface area contributed by atoms with Gasteiger partial charge in [0.25, 0.3) is 0 Å². The lowest BCUT2D eigenvalue weighted by molar-refractivity contribution is 0.146. The fourth-order valence-corrected chi connectivity index (χ4v) is 3.47. The van der Waals surface area contributed by atoms with Crippen LogP contribution in [0.15, 0.2) is 12.1 Å². The Kier molecular flexibility index (Phi) is 4.38. The lowest BCUT2D eigenvalue weighted by atomic mass is 10.2.